The first-order valence-electron chi connectivity index (χ1n) is 7.56. The molecule has 0 amide bonds. The number of nitrogens with two attached hydrogens (primary N) is 1. The van der Waals surface area contributed by atoms with Gasteiger partial charge in [-0.05, 0) is 12.5 Å². The summed E-state index contributed by atoms with van der Waals surface area (Å²) in [5.74, 6) is -5.92. The molecule has 1 aromatic heterocycles. The molecule has 0 aromatic carbocycles. The number of hydrogen-bond donors (Lipinski definition) is 3. The van der Waals surface area contributed by atoms with E-state index in [9.17, 15) is 28.3 Å². The van der Waals surface area contributed by atoms with Crippen molar-refractivity contribution in [1.29, 1.82) is 0 Å². The third-order valence-electron chi connectivity index (χ3n) is 3.66. The number of ether oxygens (including phenoxy) is 2. The highest BCUT2D eigenvalue weighted by molar-refractivity contribution is 5.71. The molecule has 4 N–H and O–H groups in total. The van der Waals surface area contributed by atoms with E-state index in [2.05, 4.69) is 4.98 Å². The standard InChI is InChI=1S/C14H17F2N3O7/c15-14(16)11(23)7(6-25-10(22)3-1-2-9(20)21)26-12(14)19-5-4-8(17)18-13(19)24/h4-5,7,11-12,23H,1-3,6H2,(H,20,21)(H2,17,18,24)/t7-,11?,12-/m1/s1. The van der Waals surface area contributed by atoms with Crippen molar-refractivity contribution in [3.8, 4) is 0 Å². The number of anilines is 1. The number of carboxylic acid groups (broad SMARTS) is 1. The number of halogens is 2. The fourth-order valence-electron chi connectivity index (χ4n) is 2.34. The number of aliphatic hydroxyl groups is 1. The Morgan fingerprint density at radius 1 is 1.42 bits per heavy atom. The topological polar surface area (TPSA) is 154 Å². The van der Waals surface area contributed by atoms with Crippen molar-refractivity contribution < 1.29 is 38.1 Å². The molecule has 12 heteroatoms. The summed E-state index contributed by atoms with van der Waals surface area (Å²) in [6.07, 6.45) is -5.55. The SMILES string of the molecule is Nc1ccn([C@@H]2O[C@H](COC(=O)CCCC(=O)O)C(O)C2(F)F)c(=O)n1. The average Bonchev–Trinajstić information content (AvgIpc) is 2.76. The van der Waals surface area contributed by atoms with Crippen LogP contribution in [-0.4, -0.2) is 56.4 Å². The molecule has 1 unspecified atom stereocenters. The number of rotatable bonds is 7. The first kappa shape index (κ1) is 19.7. The average molecular weight is 377 g/mol. The van der Waals surface area contributed by atoms with Crippen LogP contribution < -0.4 is 11.4 Å². The number of carboxylic acids is 1. The van der Waals surface area contributed by atoms with Crippen molar-refractivity contribution in [1.82, 2.24) is 9.55 Å². The molecule has 10 nitrogen and oxygen atoms in total. The molecule has 0 aliphatic carbocycles. The molecule has 0 bridgehead atoms. The maximum atomic E-state index is 14.2. The minimum Gasteiger partial charge on any atom is -0.481 e. The second-order valence-electron chi connectivity index (χ2n) is 5.62. The summed E-state index contributed by atoms with van der Waals surface area (Å²) in [6, 6.07) is 1.11. The van der Waals surface area contributed by atoms with E-state index in [0.29, 0.717) is 4.57 Å². The lowest BCUT2D eigenvalue weighted by atomic mass is 10.1. The van der Waals surface area contributed by atoms with Crippen molar-refractivity contribution in [2.75, 3.05) is 12.3 Å². The summed E-state index contributed by atoms with van der Waals surface area (Å²) < 4.78 is 38.7. The first-order chi connectivity index (χ1) is 12.1. The number of alkyl halides is 2. The molecule has 1 aromatic rings. The number of esters is 1. The van der Waals surface area contributed by atoms with E-state index >= 15 is 0 Å². The number of hydrogen-bond acceptors (Lipinski definition) is 8. The number of nitrogen functional groups attached to an aromatic ring is 1. The summed E-state index contributed by atoms with van der Waals surface area (Å²) in [7, 11) is 0. The largest absolute Gasteiger partial charge is 0.481 e. The number of aromatic nitrogens is 2. The van der Waals surface area contributed by atoms with Crippen molar-refractivity contribution >= 4 is 17.8 Å². The molecule has 3 atom stereocenters. The smallest absolute Gasteiger partial charge is 0.351 e. The van der Waals surface area contributed by atoms with Crippen molar-refractivity contribution in [2.24, 2.45) is 0 Å². The summed E-state index contributed by atoms with van der Waals surface area (Å²) >= 11 is 0. The minimum atomic E-state index is -3.85. The Morgan fingerprint density at radius 3 is 2.73 bits per heavy atom. The van der Waals surface area contributed by atoms with E-state index in [1.165, 1.54) is 0 Å². The summed E-state index contributed by atoms with van der Waals surface area (Å²) in [5.41, 5.74) is 4.20. The highest BCUT2D eigenvalue weighted by Crippen LogP contribution is 2.42. The molecule has 2 rings (SSSR count). The maximum Gasteiger partial charge on any atom is 0.351 e. The van der Waals surface area contributed by atoms with E-state index in [4.69, 9.17) is 20.3 Å². The monoisotopic (exact) mass is 377 g/mol. The van der Waals surface area contributed by atoms with Gasteiger partial charge in [0.2, 0.25) is 6.23 Å². The molecule has 2 heterocycles. The van der Waals surface area contributed by atoms with Gasteiger partial charge in [-0.3, -0.25) is 14.2 Å². The van der Waals surface area contributed by atoms with Gasteiger partial charge in [-0.15, -0.1) is 0 Å². The Morgan fingerprint density at radius 2 is 2.12 bits per heavy atom. The van der Waals surface area contributed by atoms with Gasteiger partial charge in [0.1, 0.15) is 18.5 Å². The highest BCUT2D eigenvalue weighted by Gasteiger charge is 2.60. The Balaban J connectivity index is 2.00. The second-order valence-corrected chi connectivity index (χ2v) is 5.62. The van der Waals surface area contributed by atoms with E-state index in [1.807, 2.05) is 0 Å². The normalized spacial score (nSPS) is 24.3. The third kappa shape index (κ3) is 4.32. The van der Waals surface area contributed by atoms with Crippen LogP contribution in [0.5, 0.6) is 0 Å². The molecular formula is C14H17F2N3O7. The lowest BCUT2D eigenvalue weighted by molar-refractivity contribution is -0.150. The number of aliphatic carboxylic acids is 1. The predicted molar refractivity (Wildman–Crippen MR) is 80.2 cm³/mol. The van der Waals surface area contributed by atoms with Gasteiger partial charge in [-0.25, -0.2) is 4.79 Å². The molecule has 144 valence electrons. The summed E-state index contributed by atoms with van der Waals surface area (Å²) in [6.45, 7) is -0.684. The zero-order valence-electron chi connectivity index (χ0n) is 13.4. The number of carbonyl (C=O) groups excluding carboxylic acids is 1. The van der Waals surface area contributed by atoms with Gasteiger partial charge in [-0.1, -0.05) is 0 Å². The van der Waals surface area contributed by atoms with Crippen LogP contribution in [0.1, 0.15) is 25.5 Å². The van der Waals surface area contributed by atoms with Crippen LogP contribution >= 0.6 is 0 Å². The quantitative estimate of drug-likeness (QED) is 0.534. The lowest BCUT2D eigenvalue weighted by Crippen LogP contribution is -2.42. The molecule has 0 radical (unpaired) electrons. The van der Waals surface area contributed by atoms with E-state index < -0.39 is 48.6 Å². The number of aliphatic hydroxyl groups excluding tert-OH is 1. The summed E-state index contributed by atoms with van der Waals surface area (Å²) in [4.78, 5) is 36.8. The molecule has 1 fully saturated rings. The van der Waals surface area contributed by atoms with Gasteiger partial charge in [0, 0.05) is 19.0 Å². The van der Waals surface area contributed by atoms with Gasteiger partial charge in [0.15, 0.2) is 6.10 Å². The molecule has 1 saturated heterocycles. The number of carbonyl (C=O) groups is 2. The Bertz CT molecular complexity index is 739. The lowest BCUT2D eigenvalue weighted by Gasteiger charge is -2.20. The van der Waals surface area contributed by atoms with Crippen LogP contribution in [0.15, 0.2) is 17.1 Å². The van der Waals surface area contributed by atoms with Gasteiger partial charge >= 0.3 is 23.6 Å². The molecular weight excluding hydrogens is 360 g/mol. The van der Waals surface area contributed by atoms with E-state index in [1.54, 1.807) is 0 Å². The molecule has 0 saturated carbocycles. The predicted octanol–water partition coefficient (Wildman–Crippen LogP) is -0.483. The fraction of sp³-hybridized carbons (Fsp3) is 0.571. The van der Waals surface area contributed by atoms with Gasteiger partial charge < -0.3 is 25.4 Å². The summed E-state index contributed by atoms with van der Waals surface area (Å²) in [5, 5.41) is 18.2. The third-order valence-corrected chi connectivity index (χ3v) is 3.66. The highest BCUT2D eigenvalue weighted by atomic mass is 19.3. The van der Waals surface area contributed by atoms with Crippen LogP contribution in [0.3, 0.4) is 0 Å². The van der Waals surface area contributed by atoms with E-state index in [0.717, 1.165) is 12.3 Å². The molecule has 26 heavy (non-hydrogen) atoms. The van der Waals surface area contributed by atoms with Crippen LogP contribution in [-0.2, 0) is 19.1 Å². The maximum absolute atomic E-state index is 14.2. The zero-order chi connectivity index (χ0) is 19.5. The molecule has 0 spiro atoms. The van der Waals surface area contributed by atoms with Crippen LogP contribution in [0, 0.1) is 0 Å². The number of nitrogens with zero attached hydrogens (tertiary/aromatic N) is 2. The van der Waals surface area contributed by atoms with Crippen molar-refractivity contribution in [2.45, 2.75) is 43.6 Å². The van der Waals surface area contributed by atoms with Gasteiger partial charge in [-0.2, -0.15) is 13.8 Å². The van der Waals surface area contributed by atoms with E-state index in [-0.39, 0.29) is 25.1 Å². The molecule has 1 aliphatic rings. The minimum absolute atomic E-state index is 0.0214. The zero-order valence-corrected chi connectivity index (χ0v) is 13.4. The van der Waals surface area contributed by atoms with Crippen molar-refractivity contribution in [3.05, 3.63) is 22.7 Å². The van der Waals surface area contributed by atoms with Crippen LogP contribution in [0.4, 0.5) is 14.6 Å². The Hall–Kier alpha value is -2.60. The van der Waals surface area contributed by atoms with Crippen LogP contribution in [0.2, 0.25) is 0 Å². The Labute approximate surface area is 145 Å². The van der Waals surface area contributed by atoms with Gasteiger partial charge in [0.05, 0.1) is 0 Å². The second kappa shape index (κ2) is 7.74. The molecule has 1 aliphatic heterocycles. The van der Waals surface area contributed by atoms with Crippen molar-refractivity contribution in [3.63, 3.8) is 0 Å². The van der Waals surface area contributed by atoms with Gasteiger partial charge in [0.25, 0.3) is 0 Å². The first-order valence-corrected chi connectivity index (χ1v) is 7.56. The Kier molecular flexibility index (Phi) is 5.87. The van der Waals surface area contributed by atoms with Crippen LogP contribution in [0.25, 0.3) is 0 Å². The fourth-order valence-corrected chi connectivity index (χ4v) is 2.34.